The zero-order chi connectivity index (χ0) is 3.58. The Morgan fingerprint density at radius 1 is 1.00 bits per heavy atom. The zero-order valence-corrected chi connectivity index (χ0v) is 3.03. The molecule has 0 aliphatic carbocycles. The summed E-state index contributed by atoms with van der Waals surface area (Å²) in [4.78, 5) is 0. The second-order valence-electron chi connectivity index (χ2n) is 0.289. The van der Waals surface area contributed by atoms with Crippen molar-refractivity contribution in [3.63, 3.8) is 0 Å². The molecule has 0 bridgehead atoms. The highest BCUT2D eigenvalue weighted by molar-refractivity contribution is 6.24. The van der Waals surface area contributed by atoms with Crippen LogP contribution in [0.5, 0.6) is 0 Å². The van der Waals surface area contributed by atoms with Crippen molar-refractivity contribution < 1.29 is 15.1 Å². The topological polar surface area (TPSA) is 69.2 Å². The Hall–Kier alpha value is 0.235. The summed E-state index contributed by atoms with van der Waals surface area (Å²) in [6, 6.07) is 0. The van der Waals surface area contributed by atoms with E-state index in [1.807, 2.05) is 0 Å². The maximum Gasteiger partial charge on any atom is -0.147 e. The largest absolute Gasteiger partial charge is 0.907 e. The van der Waals surface area contributed by atoms with E-state index in [2.05, 4.69) is 0 Å². The van der Waals surface area contributed by atoms with Gasteiger partial charge in [0.05, 0.1) is 0 Å². The average molecular weight is 95.3 g/mol. The van der Waals surface area contributed by atoms with Crippen molar-refractivity contribution in [3.05, 3.63) is 0 Å². The van der Waals surface area contributed by atoms with Crippen molar-refractivity contribution in [2.24, 2.45) is 0 Å². The fourth-order valence-corrected chi connectivity index (χ4v) is 0. The smallest absolute Gasteiger partial charge is 0.147 e. The number of halogens is 1. The molecule has 0 rings (SSSR count). The molecule has 0 unspecified atom stereocenters. The fourth-order valence-electron chi connectivity index (χ4n) is 0. The van der Waals surface area contributed by atoms with Crippen molar-refractivity contribution in [1.29, 1.82) is 0 Å². The van der Waals surface area contributed by atoms with Crippen LogP contribution in [0.2, 0.25) is 0 Å². The van der Waals surface area contributed by atoms with Gasteiger partial charge in [0.2, 0.25) is 0 Å². The summed E-state index contributed by atoms with van der Waals surface area (Å²) in [5, 5.41) is 25.2. The van der Waals surface area contributed by atoms with E-state index in [0.29, 0.717) is 0 Å². The van der Waals surface area contributed by atoms with Crippen LogP contribution in [0.3, 0.4) is 0 Å². The van der Waals surface area contributed by atoms with Crippen LogP contribution in [0.15, 0.2) is 0 Å². The second-order valence-corrected chi connectivity index (χ2v) is 0.289. The Labute approximate surface area is 35.8 Å². The van der Waals surface area contributed by atoms with Crippen LogP contribution in [-0.4, -0.2) is 7.32 Å². The van der Waals surface area contributed by atoms with Gasteiger partial charge in [-0.2, -0.15) is 0 Å². The molecular weight excluding hydrogens is 94.3 g/mol. The van der Waals surface area contributed by atoms with E-state index in [9.17, 15) is 0 Å². The third kappa shape index (κ3) is 383. The van der Waals surface area contributed by atoms with Crippen molar-refractivity contribution >= 4 is 19.7 Å². The molecule has 0 aromatic carbocycles. The van der Waals surface area contributed by atoms with E-state index in [-0.39, 0.29) is 12.4 Å². The molecular formula is HBClO3-3. The predicted molar refractivity (Wildman–Crippen MR) is 13.0 cm³/mol. The van der Waals surface area contributed by atoms with Crippen LogP contribution < -0.4 is 15.1 Å². The highest BCUT2D eigenvalue weighted by Crippen LogP contribution is 0.994. The van der Waals surface area contributed by atoms with Gasteiger partial charge in [-0.15, -0.1) is 12.4 Å². The van der Waals surface area contributed by atoms with Gasteiger partial charge in [0.25, 0.3) is 0 Å². The summed E-state index contributed by atoms with van der Waals surface area (Å²) in [6.45, 7) is 0. The molecule has 0 atom stereocenters. The molecule has 0 aliphatic rings. The molecule has 0 radical (unpaired) electrons. The minimum Gasteiger partial charge on any atom is -0.907 e. The van der Waals surface area contributed by atoms with Gasteiger partial charge in [-0.05, 0) is 0 Å². The summed E-state index contributed by atoms with van der Waals surface area (Å²) >= 11 is 0. The van der Waals surface area contributed by atoms with Crippen LogP contribution in [0.1, 0.15) is 0 Å². The second kappa shape index (κ2) is 4.23. The lowest BCUT2D eigenvalue weighted by Crippen LogP contribution is -2.56. The minimum absolute atomic E-state index is 0. The first-order valence-corrected chi connectivity index (χ1v) is 0.707. The van der Waals surface area contributed by atoms with Crippen LogP contribution >= 0.6 is 12.4 Å². The molecule has 3 nitrogen and oxygen atoms in total. The Morgan fingerprint density at radius 3 is 1.00 bits per heavy atom. The van der Waals surface area contributed by atoms with Gasteiger partial charge in [0.15, 0.2) is 0 Å². The SMILES string of the molecule is Cl.[O-]B([O-])[O-]. The molecule has 0 fully saturated rings. The molecule has 0 saturated heterocycles. The molecule has 5 heteroatoms. The first-order chi connectivity index (χ1) is 1.73. The highest BCUT2D eigenvalue weighted by Gasteiger charge is 1.17. The van der Waals surface area contributed by atoms with Gasteiger partial charge in [-0.1, -0.05) is 0 Å². The molecule has 0 aromatic rings. The lowest BCUT2D eigenvalue weighted by atomic mass is 10.3. The summed E-state index contributed by atoms with van der Waals surface area (Å²) < 4.78 is 0. The van der Waals surface area contributed by atoms with Gasteiger partial charge in [-0.3, -0.25) is 7.32 Å². The zero-order valence-electron chi connectivity index (χ0n) is 2.21. The maximum absolute atomic E-state index is 8.42. The molecule has 0 spiro atoms. The fraction of sp³-hybridized carbons (Fsp3) is 0. The molecule has 0 aliphatic heterocycles. The Kier molecular flexibility index (Phi) is 7.60. The Balaban J connectivity index is 0. The quantitative estimate of drug-likeness (QED) is 0.293. The van der Waals surface area contributed by atoms with Crippen molar-refractivity contribution in [3.8, 4) is 0 Å². The first kappa shape index (κ1) is 8.97. The summed E-state index contributed by atoms with van der Waals surface area (Å²) in [7, 11) is -2.92. The van der Waals surface area contributed by atoms with Gasteiger partial charge in [0, 0.05) is 0 Å². The molecule has 0 heterocycles. The van der Waals surface area contributed by atoms with E-state index in [1.54, 1.807) is 0 Å². The summed E-state index contributed by atoms with van der Waals surface area (Å²) in [6.07, 6.45) is 0. The Morgan fingerprint density at radius 2 is 1.00 bits per heavy atom. The normalized spacial score (nSPS) is 5.40. The minimum atomic E-state index is -2.92. The van der Waals surface area contributed by atoms with Crippen molar-refractivity contribution in [1.82, 2.24) is 0 Å². The van der Waals surface area contributed by atoms with Crippen LogP contribution in [0.25, 0.3) is 0 Å². The predicted octanol–water partition coefficient (Wildman–Crippen LogP) is -3.53. The van der Waals surface area contributed by atoms with Crippen LogP contribution in [-0.2, 0) is 0 Å². The average Bonchev–Trinajstić information content (AvgIpc) is 0.811. The van der Waals surface area contributed by atoms with Crippen LogP contribution in [0, 0.1) is 0 Å². The first-order valence-electron chi connectivity index (χ1n) is 0.707. The third-order valence-electron chi connectivity index (χ3n) is 0. The number of hydrogen-bond donors (Lipinski definition) is 0. The maximum atomic E-state index is 8.42. The summed E-state index contributed by atoms with van der Waals surface area (Å²) in [5.41, 5.74) is 0. The molecule has 32 valence electrons. The third-order valence-corrected chi connectivity index (χ3v) is 0. The van der Waals surface area contributed by atoms with E-state index in [4.69, 9.17) is 15.1 Å². The van der Waals surface area contributed by atoms with E-state index in [0.717, 1.165) is 0 Å². The van der Waals surface area contributed by atoms with Crippen molar-refractivity contribution in [2.45, 2.75) is 0 Å². The number of rotatable bonds is 0. The number of hydrogen-bond acceptors (Lipinski definition) is 3. The lowest BCUT2D eigenvalue weighted by Gasteiger charge is -2.35. The molecule has 5 heavy (non-hydrogen) atoms. The molecule has 0 N–H and O–H groups in total. The monoisotopic (exact) mass is 95.0 g/mol. The van der Waals surface area contributed by atoms with Crippen LogP contribution in [0.4, 0.5) is 0 Å². The standard InChI is InChI=1S/BO3.ClH/c2-1(3)4;/h;1H/q-3;. The molecule has 0 aromatic heterocycles. The van der Waals surface area contributed by atoms with Gasteiger partial charge < -0.3 is 15.1 Å². The van der Waals surface area contributed by atoms with E-state index in [1.165, 1.54) is 0 Å². The Bertz CT molecular complexity index is 11.6. The lowest BCUT2D eigenvalue weighted by molar-refractivity contribution is -0.479. The van der Waals surface area contributed by atoms with Gasteiger partial charge in [0.1, 0.15) is 0 Å². The molecule has 0 saturated carbocycles. The molecule has 0 amide bonds. The van der Waals surface area contributed by atoms with Crippen molar-refractivity contribution in [2.75, 3.05) is 0 Å². The van der Waals surface area contributed by atoms with Gasteiger partial charge >= 0.3 is 0 Å². The van der Waals surface area contributed by atoms with E-state index < -0.39 is 7.32 Å². The highest BCUT2D eigenvalue weighted by atomic mass is 35.5. The van der Waals surface area contributed by atoms with E-state index >= 15 is 0 Å². The van der Waals surface area contributed by atoms with Gasteiger partial charge in [-0.25, -0.2) is 0 Å². The summed E-state index contributed by atoms with van der Waals surface area (Å²) in [5.74, 6) is 0.